The van der Waals surface area contributed by atoms with E-state index in [2.05, 4.69) is 62.8 Å². The van der Waals surface area contributed by atoms with Crippen molar-refractivity contribution in [3.8, 4) is 0 Å². The lowest BCUT2D eigenvalue weighted by molar-refractivity contribution is -0.170. The average Bonchev–Trinajstić information content (AvgIpc) is 3.32. The number of fused-ring (bicyclic) bond motifs is 4. The molecule has 79 heavy (non-hydrogen) atoms. The minimum atomic E-state index is -1.90. The Morgan fingerprint density at radius 3 is 1.62 bits per heavy atom. The van der Waals surface area contributed by atoms with Gasteiger partial charge in [0.05, 0.1) is 56.8 Å². The quantitative estimate of drug-likeness (QED) is 0.116. The summed E-state index contributed by atoms with van der Waals surface area (Å²) in [5.41, 5.74) is 10.8. The highest BCUT2D eigenvalue weighted by Gasteiger charge is 2.73. The number of hydrogen-bond donors (Lipinski definition) is 4. The zero-order chi connectivity index (χ0) is 54.1. The monoisotopic (exact) mass is 1080 g/mol. The fourth-order valence-electron chi connectivity index (χ4n) is 19.5. The van der Waals surface area contributed by atoms with Gasteiger partial charge >= 0.3 is 12.2 Å². The molecule has 6 bridgehead atoms. The maximum absolute atomic E-state index is 17.6. The number of carbonyl (C=O) groups excluding carboxylic acids is 4. The summed E-state index contributed by atoms with van der Waals surface area (Å²) < 4.78 is 48.2. The molecule has 416 valence electrons. The number of piperidine rings is 1. The predicted octanol–water partition coefficient (Wildman–Crippen LogP) is 10.3. The van der Waals surface area contributed by atoms with E-state index >= 15 is 18.4 Å². The van der Waals surface area contributed by atoms with E-state index in [1.165, 1.54) is 12.1 Å². The van der Waals surface area contributed by atoms with Gasteiger partial charge in [0, 0.05) is 30.6 Å². The number of halogens is 2. The molecule has 6 aliphatic heterocycles. The van der Waals surface area contributed by atoms with Crippen molar-refractivity contribution in [2.24, 2.45) is 41.1 Å². The number of primary amides is 2. The Balaban J connectivity index is 0.956. The minimum absolute atomic E-state index is 0.0217. The molecule has 2 aromatic heterocycles. The van der Waals surface area contributed by atoms with Gasteiger partial charge in [-0.05, 0) is 162 Å². The molecule has 8 fully saturated rings. The topological polar surface area (TPSA) is 209 Å². The van der Waals surface area contributed by atoms with E-state index in [0.29, 0.717) is 87.6 Å². The molecule has 4 unspecified atom stereocenters. The summed E-state index contributed by atoms with van der Waals surface area (Å²) in [6, 6.07) is 13.7. The van der Waals surface area contributed by atoms with Crippen LogP contribution in [0.1, 0.15) is 165 Å². The Bertz CT molecular complexity index is 3360. The van der Waals surface area contributed by atoms with E-state index in [9.17, 15) is 9.59 Å². The normalized spacial score (nSPS) is 36.1. The molecule has 4 aliphatic carbocycles. The molecule has 6 N–H and O–H groups in total. The number of aromatic amines is 2. The number of amides is 4. The Hall–Kier alpha value is -6.46. The maximum atomic E-state index is 17.6. The van der Waals surface area contributed by atoms with Crippen LogP contribution in [0.25, 0.3) is 22.1 Å². The van der Waals surface area contributed by atoms with Crippen molar-refractivity contribution in [1.29, 1.82) is 0 Å². The lowest BCUT2D eigenvalue weighted by Gasteiger charge is -2.55. The first-order chi connectivity index (χ1) is 38.1. The number of rotatable bonds is 8. The number of nitrogens with one attached hydrogen (secondary N) is 2. The summed E-state index contributed by atoms with van der Waals surface area (Å²) in [6.07, 6.45) is 12.6. The van der Waals surface area contributed by atoms with Crippen molar-refractivity contribution in [1.82, 2.24) is 29.7 Å². The van der Waals surface area contributed by atoms with Crippen LogP contribution in [0.2, 0.25) is 0 Å². The van der Waals surface area contributed by atoms with Crippen LogP contribution >= 0.6 is 0 Å². The second-order valence-corrected chi connectivity index (χ2v) is 25.9. The summed E-state index contributed by atoms with van der Waals surface area (Å²) in [5.74, 6) is -2.75. The fourth-order valence-corrected chi connectivity index (χ4v) is 19.5. The Labute approximate surface area is 458 Å². The van der Waals surface area contributed by atoms with E-state index in [4.69, 9.17) is 30.9 Å². The van der Waals surface area contributed by atoms with Gasteiger partial charge in [-0.1, -0.05) is 57.6 Å². The lowest BCUT2D eigenvalue weighted by Crippen LogP contribution is -2.68. The molecule has 15 rings (SSSR count). The first-order valence-electron chi connectivity index (χ1n) is 29.8. The minimum Gasteiger partial charge on any atom is -0.424 e. The summed E-state index contributed by atoms with van der Waals surface area (Å²) in [5, 5.41) is 0. The van der Waals surface area contributed by atoms with E-state index in [0.717, 1.165) is 92.8 Å². The molecule has 8 heterocycles. The summed E-state index contributed by atoms with van der Waals surface area (Å²) in [6.45, 7) is 5.45. The second kappa shape index (κ2) is 17.3. The molecular formula is C61H72F2N10O6. The fraction of sp³-hybridized carbons (Fsp3) is 0.607. The summed E-state index contributed by atoms with van der Waals surface area (Å²) in [7, 11) is 0. The number of hydrogen-bond acceptors (Lipinski definition) is 10. The van der Waals surface area contributed by atoms with Gasteiger partial charge in [-0.25, -0.2) is 28.3 Å². The number of carbonyl (C=O) groups is 4. The van der Waals surface area contributed by atoms with Crippen LogP contribution in [-0.4, -0.2) is 90.5 Å². The maximum Gasteiger partial charge on any atom is 0.406 e. The van der Waals surface area contributed by atoms with Crippen LogP contribution in [0.3, 0.4) is 0 Å². The molecule has 4 amide bonds. The van der Waals surface area contributed by atoms with Crippen molar-refractivity contribution in [3.63, 3.8) is 0 Å². The number of aromatic nitrogens is 4. The standard InChI is InChI=1S/C61H72F2N10O6/c1-33-26-47(48-29-36-16-10-22-58(36)38-18-20-43-45(27-38)68-51(66-43)60(78-55(64)76,53(74)72(48)58)34-12-4-5-13-34)71(40-31-41(62)50(42(63)32-40)70-24-8-3-9-25-70)57(33,2)49-30-37-17-11-23-59(37)39-19-21-44-46(28-39)69-52(67-44)61(79-56(65)77,54(75)73(49)59)35-14-6-7-15-35/h18-21,27-28,31-37,47-49H,3-17,22-26,29-30H2,1-2H3,(H2,64,76)(H2,65,77)(H,66,68)(H,67,69)/t33?,36-,37-,47?,48?,49?,57+,58-,59-,60-,61-/m0/s1. The average molecular weight is 1080 g/mol. The number of nitrogens with two attached hydrogens (primary N) is 2. The zero-order valence-corrected chi connectivity index (χ0v) is 45.3. The van der Waals surface area contributed by atoms with Gasteiger partial charge < -0.3 is 50.5 Å². The van der Waals surface area contributed by atoms with Gasteiger partial charge in [-0.3, -0.25) is 9.59 Å². The van der Waals surface area contributed by atoms with Gasteiger partial charge in [0.15, 0.2) is 23.3 Å². The van der Waals surface area contributed by atoms with Gasteiger partial charge in [0.25, 0.3) is 23.0 Å². The Morgan fingerprint density at radius 2 is 1.09 bits per heavy atom. The molecule has 11 atom stereocenters. The number of ether oxygens (including phenoxy) is 2. The highest BCUT2D eigenvalue weighted by Crippen LogP contribution is 2.66. The van der Waals surface area contributed by atoms with Crippen LogP contribution in [0, 0.1) is 41.2 Å². The third-order valence-electron chi connectivity index (χ3n) is 22.7. The third-order valence-corrected chi connectivity index (χ3v) is 22.7. The summed E-state index contributed by atoms with van der Waals surface area (Å²) >= 11 is 0. The first kappa shape index (κ1) is 49.6. The largest absolute Gasteiger partial charge is 0.424 e. The molecule has 4 saturated carbocycles. The molecule has 2 spiro atoms. The molecule has 4 saturated heterocycles. The van der Waals surface area contributed by atoms with Crippen LogP contribution in [0.15, 0.2) is 48.5 Å². The number of H-pyrrole nitrogens is 2. The van der Waals surface area contributed by atoms with Gasteiger partial charge in [0.1, 0.15) is 5.69 Å². The smallest absolute Gasteiger partial charge is 0.406 e. The molecule has 5 aromatic rings. The van der Waals surface area contributed by atoms with Crippen molar-refractivity contribution < 1.29 is 37.4 Å². The predicted molar refractivity (Wildman–Crippen MR) is 290 cm³/mol. The molecular weight excluding hydrogens is 1010 g/mol. The lowest BCUT2D eigenvalue weighted by atomic mass is 9.77. The van der Waals surface area contributed by atoms with Gasteiger partial charge in [-0.15, -0.1) is 0 Å². The number of anilines is 2. The van der Waals surface area contributed by atoms with Gasteiger partial charge in [-0.2, -0.15) is 0 Å². The molecule has 18 heteroatoms. The van der Waals surface area contributed by atoms with Gasteiger partial charge in [0.2, 0.25) is 0 Å². The number of imidazole rings is 2. The van der Waals surface area contributed by atoms with Crippen molar-refractivity contribution >= 4 is 57.4 Å². The molecule has 3 aromatic carbocycles. The van der Waals surface area contributed by atoms with E-state index in [1.807, 2.05) is 17.0 Å². The molecule has 16 nitrogen and oxygen atoms in total. The molecule has 10 aliphatic rings. The SMILES string of the molecule is CC1CC(C2C[C@@H]3CCC[C@@]34c3ccc5nc([nH]c5c3)[C@@](OC(N)=O)(C3CCCC3)C(=O)N24)N(c2cc(F)c(N3CCCCC3)c(F)c2)[C@@]1(C)C1C[C@@H]2CCC[C@@]23c2ccc4nc([nH]c4c2)[C@@](OC(N)=O)(C2CCCC2)C(=O)N13. The van der Waals surface area contributed by atoms with E-state index in [1.54, 1.807) is 0 Å². The Kier molecular flexibility index (Phi) is 10.8. The van der Waals surface area contributed by atoms with Crippen molar-refractivity contribution in [3.05, 3.63) is 82.9 Å². The zero-order valence-electron chi connectivity index (χ0n) is 45.3. The highest BCUT2D eigenvalue weighted by atomic mass is 19.1. The van der Waals surface area contributed by atoms with E-state index in [-0.39, 0.29) is 46.9 Å². The van der Waals surface area contributed by atoms with Crippen molar-refractivity contribution in [2.45, 2.75) is 188 Å². The second-order valence-electron chi connectivity index (χ2n) is 25.9. The Morgan fingerprint density at radius 1 is 0.608 bits per heavy atom. The van der Waals surface area contributed by atoms with Crippen LogP contribution < -0.4 is 21.3 Å². The summed E-state index contributed by atoms with van der Waals surface area (Å²) in [4.78, 5) is 86.7. The van der Waals surface area contributed by atoms with E-state index < -0.39 is 81.6 Å². The third kappa shape index (κ3) is 6.45. The number of nitrogens with zero attached hydrogens (tertiary/aromatic N) is 6. The van der Waals surface area contributed by atoms with Crippen LogP contribution in [0.5, 0.6) is 0 Å². The van der Waals surface area contributed by atoms with Crippen LogP contribution in [-0.2, 0) is 41.3 Å². The molecule has 0 radical (unpaired) electrons. The first-order valence-corrected chi connectivity index (χ1v) is 29.8. The highest BCUT2D eigenvalue weighted by molar-refractivity contribution is 5.94. The van der Waals surface area contributed by atoms with Crippen LogP contribution in [0.4, 0.5) is 29.7 Å². The van der Waals surface area contributed by atoms with Crippen molar-refractivity contribution in [2.75, 3.05) is 22.9 Å². The number of benzene rings is 3.